The lowest BCUT2D eigenvalue weighted by Gasteiger charge is -2.06. The second kappa shape index (κ2) is 6.60. The fraction of sp³-hybridized carbons (Fsp3) is 0.105. The highest BCUT2D eigenvalue weighted by atomic mass is 16.3. The zero-order valence-electron chi connectivity index (χ0n) is 13.4. The van der Waals surface area contributed by atoms with Crippen LogP contribution in [0, 0.1) is 0 Å². The summed E-state index contributed by atoms with van der Waals surface area (Å²) in [5.74, 6) is 1.47. The lowest BCUT2D eigenvalue weighted by molar-refractivity contribution is 0.0941. The maximum Gasteiger partial charge on any atom is 0.277 e. The number of anilines is 1. The van der Waals surface area contributed by atoms with Gasteiger partial charge in [-0.05, 0) is 18.6 Å². The van der Waals surface area contributed by atoms with Gasteiger partial charge in [0.05, 0.1) is 12.8 Å². The number of nitrogens with zero attached hydrogens (tertiary/aromatic N) is 3. The summed E-state index contributed by atoms with van der Waals surface area (Å²) in [6, 6.07) is 13.3. The van der Waals surface area contributed by atoms with Crippen LogP contribution in [0.3, 0.4) is 0 Å². The summed E-state index contributed by atoms with van der Waals surface area (Å²) in [5.41, 5.74) is 1.54. The van der Waals surface area contributed by atoms with Crippen molar-refractivity contribution in [2.75, 3.05) is 5.32 Å². The van der Waals surface area contributed by atoms with Crippen LogP contribution < -0.4 is 5.32 Å². The quantitative estimate of drug-likeness (QED) is 0.771. The second-order valence-corrected chi connectivity index (χ2v) is 5.60. The molecular formula is C19H16N4O2. The van der Waals surface area contributed by atoms with E-state index in [0.29, 0.717) is 30.3 Å². The van der Waals surface area contributed by atoms with Gasteiger partial charge in [0.1, 0.15) is 5.76 Å². The lowest BCUT2D eigenvalue weighted by atomic mass is 10.2. The first-order chi connectivity index (χ1) is 12.3. The molecule has 25 heavy (non-hydrogen) atoms. The Labute approximate surface area is 144 Å². The Balaban J connectivity index is 1.66. The number of carbonyl (C=O) groups excluding carboxylic acids is 1. The van der Waals surface area contributed by atoms with E-state index in [0.717, 1.165) is 11.3 Å². The molecule has 4 rings (SSSR count). The summed E-state index contributed by atoms with van der Waals surface area (Å²) in [4.78, 5) is 17.3. The average Bonchev–Trinajstić information content (AvgIpc) is 3.41. The van der Waals surface area contributed by atoms with Crippen molar-refractivity contribution in [1.82, 2.24) is 14.8 Å². The van der Waals surface area contributed by atoms with Gasteiger partial charge in [0.25, 0.3) is 5.91 Å². The molecule has 2 heterocycles. The SMILES string of the molecule is O=C(C1=CC=CC1)n1nc(-c2ccccc2)nc1NCc1ccco1. The van der Waals surface area contributed by atoms with Crippen LogP contribution in [-0.4, -0.2) is 20.7 Å². The molecule has 124 valence electrons. The van der Waals surface area contributed by atoms with Gasteiger partial charge in [-0.1, -0.05) is 48.6 Å². The van der Waals surface area contributed by atoms with E-state index in [1.807, 2.05) is 60.7 Å². The third-order valence-electron chi connectivity index (χ3n) is 3.88. The normalized spacial score (nSPS) is 13.0. The van der Waals surface area contributed by atoms with Gasteiger partial charge in [0.15, 0.2) is 5.82 Å². The molecule has 1 aromatic carbocycles. The van der Waals surface area contributed by atoms with Crippen molar-refractivity contribution in [3.05, 3.63) is 78.3 Å². The van der Waals surface area contributed by atoms with Crippen LogP contribution >= 0.6 is 0 Å². The van der Waals surface area contributed by atoms with E-state index in [1.165, 1.54) is 4.68 Å². The number of carbonyl (C=O) groups is 1. The molecule has 0 fully saturated rings. The summed E-state index contributed by atoms with van der Waals surface area (Å²) < 4.78 is 6.64. The highest BCUT2D eigenvalue weighted by Gasteiger charge is 2.20. The van der Waals surface area contributed by atoms with Crippen LogP contribution in [0.4, 0.5) is 5.95 Å². The van der Waals surface area contributed by atoms with Crippen molar-refractivity contribution < 1.29 is 9.21 Å². The van der Waals surface area contributed by atoms with Gasteiger partial charge in [-0.25, -0.2) is 0 Å². The molecule has 0 atom stereocenters. The van der Waals surface area contributed by atoms with Crippen molar-refractivity contribution in [2.24, 2.45) is 0 Å². The molecule has 1 aliphatic carbocycles. The molecule has 1 N–H and O–H groups in total. The molecule has 0 bridgehead atoms. The molecule has 6 heteroatoms. The van der Waals surface area contributed by atoms with Gasteiger partial charge < -0.3 is 9.73 Å². The fourth-order valence-corrected chi connectivity index (χ4v) is 2.60. The predicted molar refractivity (Wildman–Crippen MR) is 94.0 cm³/mol. The zero-order valence-corrected chi connectivity index (χ0v) is 13.4. The number of hydrogen-bond acceptors (Lipinski definition) is 5. The maximum atomic E-state index is 12.8. The molecule has 6 nitrogen and oxygen atoms in total. The van der Waals surface area contributed by atoms with Gasteiger partial charge in [0.2, 0.25) is 5.95 Å². The summed E-state index contributed by atoms with van der Waals surface area (Å²) in [7, 11) is 0. The highest BCUT2D eigenvalue weighted by Crippen LogP contribution is 2.21. The molecule has 3 aromatic rings. The number of nitrogens with one attached hydrogen (secondary N) is 1. The monoisotopic (exact) mass is 332 g/mol. The number of furan rings is 1. The van der Waals surface area contributed by atoms with E-state index < -0.39 is 0 Å². The van der Waals surface area contributed by atoms with Crippen molar-refractivity contribution in [1.29, 1.82) is 0 Å². The van der Waals surface area contributed by atoms with Crippen molar-refractivity contribution in [2.45, 2.75) is 13.0 Å². The number of benzene rings is 1. The minimum atomic E-state index is -0.179. The number of allylic oxidation sites excluding steroid dienone is 4. The van der Waals surface area contributed by atoms with Crippen molar-refractivity contribution in [3.8, 4) is 11.4 Å². The van der Waals surface area contributed by atoms with Crippen LogP contribution in [-0.2, 0) is 6.54 Å². The van der Waals surface area contributed by atoms with Crippen molar-refractivity contribution >= 4 is 11.9 Å². The number of hydrogen-bond donors (Lipinski definition) is 1. The lowest BCUT2D eigenvalue weighted by Crippen LogP contribution is -2.18. The summed E-state index contributed by atoms with van der Waals surface area (Å²) in [6.45, 7) is 0.421. The first kappa shape index (κ1) is 15.1. The van der Waals surface area contributed by atoms with Crippen LogP contribution in [0.5, 0.6) is 0 Å². The average molecular weight is 332 g/mol. The molecule has 0 saturated heterocycles. The molecule has 2 aromatic heterocycles. The molecule has 0 amide bonds. The highest BCUT2D eigenvalue weighted by molar-refractivity contribution is 5.97. The minimum absolute atomic E-state index is 0.179. The Bertz CT molecular complexity index is 937. The van der Waals surface area contributed by atoms with Crippen LogP contribution in [0.1, 0.15) is 17.0 Å². The maximum absolute atomic E-state index is 12.8. The van der Waals surface area contributed by atoms with E-state index in [4.69, 9.17) is 4.42 Å². The zero-order chi connectivity index (χ0) is 17.1. The molecular weight excluding hydrogens is 316 g/mol. The second-order valence-electron chi connectivity index (χ2n) is 5.60. The Morgan fingerprint density at radius 3 is 2.80 bits per heavy atom. The minimum Gasteiger partial charge on any atom is -0.467 e. The third kappa shape index (κ3) is 3.14. The fourth-order valence-electron chi connectivity index (χ4n) is 2.60. The van der Waals surface area contributed by atoms with Gasteiger partial charge in [-0.2, -0.15) is 9.67 Å². The van der Waals surface area contributed by atoms with Crippen LogP contribution in [0.25, 0.3) is 11.4 Å². The standard InChI is InChI=1S/C19H16N4O2/c24-18(15-9-4-5-10-15)23-19(20-13-16-11-6-12-25-16)21-17(22-23)14-7-2-1-3-8-14/h1-9,11-12H,10,13H2,(H,20,21,22). The molecule has 0 aliphatic heterocycles. The van der Waals surface area contributed by atoms with Gasteiger partial charge in [0, 0.05) is 11.1 Å². The molecule has 0 spiro atoms. The Morgan fingerprint density at radius 2 is 2.08 bits per heavy atom. The topological polar surface area (TPSA) is 73.0 Å². The van der Waals surface area contributed by atoms with Gasteiger partial charge >= 0.3 is 0 Å². The van der Waals surface area contributed by atoms with E-state index >= 15 is 0 Å². The first-order valence-corrected chi connectivity index (χ1v) is 8.00. The van der Waals surface area contributed by atoms with E-state index in [9.17, 15) is 4.79 Å². The summed E-state index contributed by atoms with van der Waals surface area (Å²) in [5, 5.41) is 7.56. The summed E-state index contributed by atoms with van der Waals surface area (Å²) >= 11 is 0. The molecule has 0 radical (unpaired) electrons. The van der Waals surface area contributed by atoms with Crippen LogP contribution in [0.15, 0.2) is 76.9 Å². The largest absolute Gasteiger partial charge is 0.467 e. The molecule has 0 unspecified atom stereocenters. The van der Waals surface area contributed by atoms with Crippen LogP contribution in [0.2, 0.25) is 0 Å². The Kier molecular flexibility index (Phi) is 4.00. The Hall–Kier alpha value is -3.41. The first-order valence-electron chi connectivity index (χ1n) is 8.00. The Morgan fingerprint density at radius 1 is 1.20 bits per heavy atom. The van der Waals surface area contributed by atoms with E-state index in [2.05, 4.69) is 15.4 Å². The number of aromatic nitrogens is 3. The van der Waals surface area contributed by atoms with E-state index in [1.54, 1.807) is 6.26 Å². The summed E-state index contributed by atoms with van der Waals surface area (Å²) in [6.07, 6.45) is 7.84. The van der Waals surface area contributed by atoms with Gasteiger partial charge in [-0.15, -0.1) is 5.10 Å². The van der Waals surface area contributed by atoms with E-state index in [-0.39, 0.29) is 5.91 Å². The molecule has 1 aliphatic rings. The third-order valence-corrected chi connectivity index (χ3v) is 3.88. The molecule has 0 saturated carbocycles. The van der Waals surface area contributed by atoms with Crippen molar-refractivity contribution in [3.63, 3.8) is 0 Å². The predicted octanol–water partition coefficient (Wildman–Crippen LogP) is 3.68. The van der Waals surface area contributed by atoms with Gasteiger partial charge in [-0.3, -0.25) is 4.79 Å². The smallest absolute Gasteiger partial charge is 0.277 e. The number of rotatable bonds is 5.